The van der Waals surface area contributed by atoms with E-state index in [1.807, 2.05) is 0 Å². The normalized spacial score (nSPS) is 14.2. The predicted octanol–water partition coefficient (Wildman–Crippen LogP) is -2.82. The summed E-state index contributed by atoms with van der Waals surface area (Å²) in [6.07, 6.45) is 1.04. The highest BCUT2D eigenvalue weighted by atomic mass is 16.4. The number of carbonyl (C=O) groups excluding carboxylic acids is 3. The van der Waals surface area contributed by atoms with Gasteiger partial charge in [0, 0.05) is 24.7 Å². The number of aliphatic carboxylic acids is 3. The number of hydrogen-bond donors (Lipinski definition) is 8. The topological polar surface area (TPSA) is 254 Å². The van der Waals surface area contributed by atoms with E-state index in [-0.39, 0.29) is 12.8 Å². The number of nitrogens with zero attached hydrogens (tertiary/aromatic N) is 1. The molecule has 0 aliphatic heterocycles. The standard InChI is InChI=1S/C18H26N6O9/c1-8(22-16(30)10(19)5-14(27)28)15(29)24-12(4-9-6-20-7-21-9)17(31)23-11(18(32)33)2-3-13(25)26/h6-8,10-12H,2-5,19H2,1H3,(H,20,21)(H,22,30)(H,23,31)(H,24,29)(H,25,26)(H,27,28)(H,32,33). The molecule has 0 aliphatic carbocycles. The minimum atomic E-state index is -1.51. The fourth-order valence-corrected chi connectivity index (χ4v) is 2.59. The summed E-state index contributed by atoms with van der Waals surface area (Å²) < 4.78 is 0. The molecule has 1 aromatic heterocycles. The number of aromatic amines is 1. The molecule has 33 heavy (non-hydrogen) atoms. The van der Waals surface area contributed by atoms with E-state index in [1.165, 1.54) is 19.4 Å². The van der Waals surface area contributed by atoms with E-state index in [0.717, 1.165) is 0 Å². The Morgan fingerprint density at radius 3 is 2.12 bits per heavy atom. The molecule has 0 aromatic carbocycles. The number of nitrogens with two attached hydrogens (primary N) is 1. The van der Waals surface area contributed by atoms with Crippen LogP contribution in [0.3, 0.4) is 0 Å². The molecule has 15 heteroatoms. The Morgan fingerprint density at radius 2 is 1.61 bits per heavy atom. The van der Waals surface area contributed by atoms with Gasteiger partial charge < -0.3 is 42.0 Å². The summed E-state index contributed by atoms with van der Waals surface area (Å²) in [5.74, 6) is -6.64. The Hall–Kier alpha value is -4.01. The van der Waals surface area contributed by atoms with Gasteiger partial charge in [0.2, 0.25) is 17.7 Å². The number of nitrogens with one attached hydrogen (secondary N) is 4. The number of imidazole rings is 1. The molecule has 0 fully saturated rings. The summed E-state index contributed by atoms with van der Waals surface area (Å²) >= 11 is 0. The number of carboxylic acid groups (broad SMARTS) is 3. The summed E-state index contributed by atoms with van der Waals surface area (Å²) in [6.45, 7) is 1.28. The van der Waals surface area contributed by atoms with Crippen molar-refractivity contribution in [2.45, 2.75) is 56.8 Å². The van der Waals surface area contributed by atoms with Crippen molar-refractivity contribution < 1.29 is 44.1 Å². The van der Waals surface area contributed by atoms with Crippen molar-refractivity contribution in [2.24, 2.45) is 5.73 Å². The van der Waals surface area contributed by atoms with Crippen LogP contribution < -0.4 is 21.7 Å². The van der Waals surface area contributed by atoms with Gasteiger partial charge >= 0.3 is 17.9 Å². The molecule has 1 rings (SSSR count). The Bertz CT molecular complexity index is 873. The number of hydrogen-bond acceptors (Lipinski definition) is 8. The molecule has 4 atom stereocenters. The molecule has 182 valence electrons. The molecule has 0 saturated heterocycles. The number of carboxylic acids is 3. The van der Waals surface area contributed by atoms with Gasteiger partial charge in [-0.1, -0.05) is 0 Å². The van der Waals surface area contributed by atoms with Crippen molar-refractivity contribution in [1.82, 2.24) is 25.9 Å². The first kappa shape index (κ1) is 27.0. The van der Waals surface area contributed by atoms with Gasteiger partial charge in [-0.05, 0) is 13.3 Å². The Morgan fingerprint density at radius 1 is 0.970 bits per heavy atom. The van der Waals surface area contributed by atoms with Crippen LogP contribution in [0.5, 0.6) is 0 Å². The number of amides is 3. The average molecular weight is 470 g/mol. The monoisotopic (exact) mass is 470 g/mol. The zero-order valence-corrected chi connectivity index (χ0v) is 17.6. The van der Waals surface area contributed by atoms with Gasteiger partial charge in [-0.3, -0.25) is 24.0 Å². The van der Waals surface area contributed by atoms with Crippen LogP contribution in [0, 0.1) is 0 Å². The molecule has 0 bridgehead atoms. The molecule has 1 aromatic rings. The van der Waals surface area contributed by atoms with E-state index < -0.39 is 72.6 Å². The van der Waals surface area contributed by atoms with Gasteiger partial charge in [-0.25, -0.2) is 9.78 Å². The van der Waals surface area contributed by atoms with Gasteiger partial charge in [0.25, 0.3) is 0 Å². The molecule has 9 N–H and O–H groups in total. The van der Waals surface area contributed by atoms with Crippen LogP contribution in [0.25, 0.3) is 0 Å². The van der Waals surface area contributed by atoms with Crippen molar-refractivity contribution in [3.63, 3.8) is 0 Å². The van der Waals surface area contributed by atoms with Crippen molar-refractivity contribution >= 4 is 35.6 Å². The van der Waals surface area contributed by atoms with Crippen LogP contribution in [-0.2, 0) is 35.2 Å². The molecule has 3 amide bonds. The average Bonchev–Trinajstić information content (AvgIpc) is 3.22. The van der Waals surface area contributed by atoms with Crippen molar-refractivity contribution in [1.29, 1.82) is 0 Å². The largest absolute Gasteiger partial charge is 0.481 e. The second-order valence-electron chi connectivity index (χ2n) is 7.11. The maximum Gasteiger partial charge on any atom is 0.326 e. The molecular weight excluding hydrogens is 444 g/mol. The third-order valence-corrected chi connectivity index (χ3v) is 4.36. The summed E-state index contributed by atoms with van der Waals surface area (Å²) in [5.41, 5.74) is 5.87. The smallest absolute Gasteiger partial charge is 0.326 e. The highest BCUT2D eigenvalue weighted by Crippen LogP contribution is 2.04. The van der Waals surface area contributed by atoms with Gasteiger partial charge in [0.15, 0.2) is 0 Å². The molecule has 1 heterocycles. The van der Waals surface area contributed by atoms with E-state index in [0.29, 0.717) is 5.69 Å². The van der Waals surface area contributed by atoms with E-state index >= 15 is 0 Å². The first-order valence-electron chi connectivity index (χ1n) is 9.71. The third kappa shape index (κ3) is 9.77. The van der Waals surface area contributed by atoms with Crippen molar-refractivity contribution in [3.05, 3.63) is 18.2 Å². The number of H-pyrrole nitrogens is 1. The molecular formula is C18H26N6O9. The first-order valence-corrected chi connectivity index (χ1v) is 9.71. The van der Waals surface area contributed by atoms with E-state index in [2.05, 4.69) is 25.9 Å². The van der Waals surface area contributed by atoms with Crippen LogP contribution in [-0.4, -0.2) is 85.1 Å². The summed E-state index contributed by atoms with van der Waals surface area (Å²) in [5, 5.41) is 33.5. The zero-order chi connectivity index (χ0) is 25.1. The zero-order valence-electron chi connectivity index (χ0n) is 17.6. The van der Waals surface area contributed by atoms with Crippen LogP contribution >= 0.6 is 0 Å². The second-order valence-corrected chi connectivity index (χ2v) is 7.11. The lowest BCUT2D eigenvalue weighted by Crippen LogP contribution is -2.57. The minimum Gasteiger partial charge on any atom is -0.481 e. The maximum atomic E-state index is 12.7. The molecule has 15 nitrogen and oxygen atoms in total. The van der Waals surface area contributed by atoms with Crippen molar-refractivity contribution in [3.8, 4) is 0 Å². The summed E-state index contributed by atoms with van der Waals surface area (Å²) in [4.78, 5) is 76.4. The fraction of sp³-hybridized carbons (Fsp3) is 0.500. The third-order valence-electron chi connectivity index (χ3n) is 4.36. The predicted molar refractivity (Wildman–Crippen MR) is 108 cm³/mol. The van der Waals surface area contributed by atoms with Gasteiger partial charge in [-0.15, -0.1) is 0 Å². The van der Waals surface area contributed by atoms with Crippen molar-refractivity contribution in [2.75, 3.05) is 0 Å². The van der Waals surface area contributed by atoms with Gasteiger partial charge in [0.1, 0.15) is 18.1 Å². The molecule has 0 radical (unpaired) electrons. The quantitative estimate of drug-likeness (QED) is 0.137. The van der Waals surface area contributed by atoms with Crippen LogP contribution in [0.2, 0.25) is 0 Å². The van der Waals surface area contributed by atoms with E-state index in [1.54, 1.807) is 0 Å². The minimum absolute atomic E-state index is 0.123. The van der Waals surface area contributed by atoms with Gasteiger partial charge in [-0.2, -0.15) is 0 Å². The Balaban J connectivity index is 2.88. The first-order chi connectivity index (χ1) is 15.4. The lowest BCUT2D eigenvalue weighted by atomic mass is 10.1. The molecule has 0 saturated carbocycles. The highest BCUT2D eigenvalue weighted by molar-refractivity contribution is 5.94. The molecule has 0 spiro atoms. The van der Waals surface area contributed by atoms with Crippen LogP contribution in [0.15, 0.2) is 12.5 Å². The Labute approximate surface area is 187 Å². The molecule has 0 aliphatic rings. The Kier molecular flexibility index (Phi) is 10.4. The summed E-state index contributed by atoms with van der Waals surface area (Å²) in [7, 11) is 0. The molecule has 4 unspecified atom stereocenters. The number of rotatable bonds is 14. The highest BCUT2D eigenvalue weighted by Gasteiger charge is 2.29. The second kappa shape index (κ2) is 12.7. The number of aromatic nitrogens is 2. The van der Waals surface area contributed by atoms with Gasteiger partial charge in [0.05, 0.1) is 18.8 Å². The van der Waals surface area contributed by atoms with E-state index in [4.69, 9.17) is 15.9 Å². The lowest BCUT2D eigenvalue weighted by molar-refractivity contribution is -0.143. The van der Waals surface area contributed by atoms with Crippen LogP contribution in [0.4, 0.5) is 0 Å². The number of carbonyl (C=O) groups is 6. The SMILES string of the molecule is CC(NC(=O)C(N)CC(=O)O)C(=O)NC(Cc1cnc[nH]1)C(=O)NC(CCC(=O)O)C(=O)O. The summed E-state index contributed by atoms with van der Waals surface area (Å²) in [6, 6.07) is -5.43. The van der Waals surface area contributed by atoms with E-state index in [9.17, 15) is 33.9 Å². The van der Waals surface area contributed by atoms with Crippen LogP contribution in [0.1, 0.15) is 31.9 Å². The fourth-order valence-electron chi connectivity index (χ4n) is 2.59. The lowest BCUT2D eigenvalue weighted by Gasteiger charge is -2.23. The maximum absolute atomic E-state index is 12.7.